The maximum atomic E-state index is 5.78. The molecule has 0 bridgehead atoms. The average Bonchev–Trinajstić information content (AvgIpc) is 2.53. The Hall–Kier alpha value is -1.11. The van der Waals surface area contributed by atoms with Crippen molar-refractivity contribution in [3.8, 4) is 0 Å². The van der Waals surface area contributed by atoms with Crippen molar-refractivity contribution >= 4 is 50.2 Å². The standard InChI is InChI=1S/C14H16BrClN4O/c15-10-1-2-12-11(9-10)13(17-4-3-16)19-14(18-12)20-5-7-21-8-6-20/h1-2,9H,3-8H2,(H,17,18,19). The molecule has 1 aromatic carbocycles. The molecule has 1 fully saturated rings. The second-order valence-electron chi connectivity index (χ2n) is 4.75. The van der Waals surface area contributed by atoms with Gasteiger partial charge in [-0.05, 0) is 18.2 Å². The van der Waals surface area contributed by atoms with Crippen molar-refractivity contribution in [1.29, 1.82) is 0 Å². The number of alkyl halides is 1. The van der Waals surface area contributed by atoms with Crippen LogP contribution in [0.5, 0.6) is 0 Å². The molecular weight excluding hydrogens is 356 g/mol. The molecule has 112 valence electrons. The highest BCUT2D eigenvalue weighted by molar-refractivity contribution is 9.10. The van der Waals surface area contributed by atoms with Crippen molar-refractivity contribution in [2.45, 2.75) is 0 Å². The van der Waals surface area contributed by atoms with Crippen molar-refractivity contribution in [2.24, 2.45) is 0 Å². The Bertz CT molecular complexity index is 634. The summed E-state index contributed by atoms with van der Waals surface area (Å²) in [5, 5.41) is 4.27. The molecule has 0 radical (unpaired) electrons. The minimum atomic E-state index is 0.534. The predicted molar refractivity (Wildman–Crippen MR) is 89.5 cm³/mol. The molecule has 7 heteroatoms. The minimum Gasteiger partial charge on any atom is -0.378 e. The number of benzene rings is 1. The van der Waals surface area contributed by atoms with E-state index in [0.717, 1.165) is 40.2 Å². The van der Waals surface area contributed by atoms with Gasteiger partial charge in [0, 0.05) is 35.4 Å². The summed E-state index contributed by atoms with van der Waals surface area (Å²) in [6.45, 7) is 3.73. The molecule has 1 aromatic heterocycles. The second-order valence-corrected chi connectivity index (χ2v) is 6.04. The normalized spacial score (nSPS) is 15.4. The van der Waals surface area contributed by atoms with Gasteiger partial charge in [0.15, 0.2) is 0 Å². The fourth-order valence-corrected chi connectivity index (χ4v) is 2.75. The van der Waals surface area contributed by atoms with E-state index in [-0.39, 0.29) is 0 Å². The molecule has 1 aliphatic rings. The Kier molecular flexibility index (Phi) is 4.77. The van der Waals surface area contributed by atoms with Crippen LogP contribution in [-0.2, 0) is 4.74 Å². The molecule has 0 unspecified atom stereocenters. The Morgan fingerprint density at radius 3 is 2.86 bits per heavy atom. The van der Waals surface area contributed by atoms with Crippen LogP contribution in [0.1, 0.15) is 0 Å². The summed E-state index contributed by atoms with van der Waals surface area (Å²) in [7, 11) is 0. The molecule has 1 saturated heterocycles. The van der Waals surface area contributed by atoms with Gasteiger partial charge in [-0.25, -0.2) is 4.98 Å². The van der Waals surface area contributed by atoms with Crippen LogP contribution in [0.2, 0.25) is 0 Å². The second kappa shape index (κ2) is 6.77. The van der Waals surface area contributed by atoms with E-state index in [2.05, 4.69) is 36.1 Å². The van der Waals surface area contributed by atoms with E-state index in [4.69, 9.17) is 16.3 Å². The van der Waals surface area contributed by atoms with E-state index in [1.165, 1.54) is 0 Å². The van der Waals surface area contributed by atoms with Crippen LogP contribution in [0.25, 0.3) is 10.9 Å². The van der Waals surface area contributed by atoms with E-state index < -0.39 is 0 Å². The van der Waals surface area contributed by atoms with Gasteiger partial charge in [-0.1, -0.05) is 15.9 Å². The van der Waals surface area contributed by atoms with Gasteiger partial charge < -0.3 is 15.0 Å². The Morgan fingerprint density at radius 2 is 2.10 bits per heavy atom. The monoisotopic (exact) mass is 370 g/mol. The number of nitrogens with zero attached hydrogens (tertiary/aromatic N) is 3. The van der Waals surface area contributed by atoms with E-state index in [1.54, 1.807) is 0 Å². The number of hydrogen-bond acceptors (Lipinski definition) is 5. The highest BCUT2D eigenvalue weighted by Crippen LogP contribution is 2.26. The van der Waals surface area contributed by atoms with Crippen LogP contribution >= 0.6 is 27.5 Å². The number of ether oxygens (including phenoxy) is 1. The molecule has 3 rings (SSSR count). The first kappa shape index (κ1) is 14.8. The highest BCUT2D eigenvalue weighted by atomic mass is 79.9. The summed E-state index contributed by atoms with van der Waals surface area (Å²) in [4.78, 5) is 11.5. The zero-order chi connectivity index (χ0) is 14.7. The van der Waals surface area contributed by atoms with Gasteiger partial charge in [0.1, 0.15) is 5.82 Å². The number of rotatable bonds is 4. The number of morpholine rings is 1. The largest absolute Gasteiger partial charge is 0.378 e. The molecular formula is C14H16BrClN4O. The zero-order valence-corrected chi connectivity index (χ0v) is 13.8. The molecule has 2 aromatic rings. The maximum Gasteiger partial charge on any atom is 0.228 e. The van der Waals surface area contributed by atoms with Crippen LogP contribution in [0, 0.1) is 0 Å². The van der Waals surface area contributed by atoms with Gasteiger partial charge in [-0.2, -0.15) is 4.98 Å². The molecule has 0 spiro atoms. The van der Waals surface area contributed by atoms with Crippen LogP contribution < -0.4 is 10.2 Å². The smallest absolute Gasteiger partial charge is 0.228 e. The molecule has 0 amide bonds. The first-order chi connectivity index (χ1) is 10.3. The summed E-state index contributed by atoms with van der Waals surface area (Å²) in [6.07, 6.45) is 0. The summed E-state index contributed by atoms with van der Waals surface area (Å²) in [6, 6.07) is 6.01. The third-order valence-electron chi connectivity index (χ3n) is 3.33. The SMILES string of the molecule is ClCCNc1nc(N2CCOCC2)nc2ccc(Br)cc12. The summed E-state index contributed by atoms with van der Waals surface area (Å²) in [5.74, 6) is 2.10. The number of hydrogen-bond donors (Lipinski definition) is 1. The fraction of sp³-hybridized carbons (Fsp3) is 0.429. The average molecular weight is 372 g/mol. The van der Waals surface area contributed by atoms with E-state index in [0.29, 0.717) is 25.6 Å². The summed E-state index contributed by atoms with van der Waals surface area (Å²) >= 11 is 9.27. The number of aromatic nitrogens is 2. The van der Waals surface area contributed by atoms with Gasteiger partial charge in [0.2, 0.25) is 5.95 Å². The number of halogens is 2. The minimum absolute atomic E-state index is 0.534. The number of fused-ring (bicyclic) bond motifs is 1. The Morgan fingerprint density at radius 1 is 1.29 bits per heavy atom. The van der Waals surface area contributed by atoms with Crippen LogP contribution in [0.4, 0.5) is 11.8 Å². The van der Waals surface area contributed by atoms with Crippen LogP contribution in [0.15, 0.2) is 22.7 Å². The first-order valence-electron chi connectivity index (χ1n) is 6.88. The molecule has 21 heavy (non-hydrogen) atoms. The molecule has 0 saturated carbocycles. The molecule has 5 nitrogen and oxygen atoms in total. The maximum absolute atomic E-state index is 5.78. The Balaban J connectivity index is 2.03. The molecule has 1 N–H and O–H groups in total. The van der Waals surface area contributed by atoms with Gasteiger partial charge in [-0.15, -0.1) is 11.6 Å². The summed E-state index contributed by atoms with van der Waals surface area (Å²) in [5.41, 5.74) is 0.923. The summed E-state index contributed by atoms with van der Waals surface area (Å²) < 4.78 is 6.39. The molecule has 1 aliphatic heterocycles. The van der Waals surface area contributed by atoms with Gasteiger partial charge in [0.05, 0.1) is 18.7 Å². The van der Waals surface area contributed by atoms with Crippen molar-refractivity contribution in [3.05, 3.63) is 22.7 Å². The van der Waals surface area contributed by atoms with Gasteiger partial charge in [0.25, 0.3) is 0 Å². The highest BCUT2D eigenvalue weighted by Gasteiger charge is 2.16. The molecule has 0 aliphatic carbocycles. The third kappa shape index (κ3) is 3.39. The fourth-order valence-electron chi connectivity index (χ4n) is 2.29. The Labute approximate surface area is 136 Å². The van der Waals surface area contributed by atoms with E-state index in [9.17, 15) is 0 Å². The predicted octanol–water partition coefficient (Wildman–Crippen LogP) is 2.88. The lowest BCUT2D eigenvalue weighted by Crippen LogP contribution is -2.37. The van der Waals surface area contributed by atoms with Crippen LogP contribution in [0.3, 0.4) is 0 Å². The van der Waals surface area contributed by atoms with Gasteiger partial charge in [-0.3, -0.25) is 0 Å². The van der Waals surface area contributed by atoms with Crippen molar-refractivity contribution < 1.29 is 4.74 Å². The topological polar surface area (TPSA) is 50.3 Å². The first-order valence-corrected chi connectivity index (χ1v) is 8.20. The van der Waals surface area contributed by atoms with Crippen LogP contribution in [-0.4, -0.2) is 48.7 Å². The molecule has 2 heterocycles. The number of anilines is 2. The lowest BCUT2D eigenvalue weighted by Gasteiger charge is -2.27. The van der Waals surface area contributed by atoms with Crippen molar-refractivity contribution in [2.75, 3.05) is 48.9 Å². The lowest BCUT2D eigenvalue weighted by atomic mass is 10.2. The third-order valence-corrected chi connectivity index (χ3v) is 4.01. The van der Waals surface area contributed by atoms with Crippen molar-refractivity contribution in [1.82, 2.24) is 9.97 Å². The zero-order valence-electron chi connectivity index (χ0n) is 11.5. The van der Waals surface area contributed by atoms with E-state index in [1.807, 2.05) is 18.2 Å². The van der Waals surface area contributed by atoms with Crippen molar-refractivity contribution in [3.63, 3.8) is 0 Å². The lowest BCUT2D eigenvalue weighted by molar-refractivity contribution is 0.122. The molecule has 0 atom stereocenters. The van der Waals surface area contributed by atoms with E-state index >= 15 is 0 Å². The quantitative estimate of drug-likeness (QED) is 0.838. The number of nitrogens with one attached hydrogen (secondary N) is 1. The van der Waals surface area contributed by atoms with Gasteiger partial charge >= 0.3 is 0 Å².